The molecular formula is C25H29N3O2. The smallest absolute Gasteiger partial charge is 0.256 e. The Morgan fingerprint density at radius 1 is 1.07 bits per heavy atom. The largest absolute Gasteiger partial charge is 0.334 e. The normalized spacial score (nSPS) is 32.2. The number of hydrogen-bond donors (Lipinski definition) is 0. The summed E-state index contributed by atoms with van der Waals surface area (Å²) in [4.78, 5) is 35.1. The van der Waals surface area contributed by atoms with E-state index in [2.05, 4.69) is 33.8 Å². The zero-order valence-corrected chi connectivity index (χ0v) is 17.7. The molecule has 1 aromatic heterocycles. The number of piperidine rings is 1. The van der Waals surface area contributed by atoms with E-state index in [9.17, 15) is 9.59 Å². The van der Waals surface area contributed by atoms with Crippen LogP contribution in [0.25, 0.3) is 0 Å². The van der Waals surface area contributed by atoms with Crippen molar-refractivity contribution in [1.82, 2.24) is 14.8 Å². The van der Waals surface area contributed by atoms with Gasteiger partial charge in [0.1, 0.15) is 0 Å². The topological polar surface area (TPSA) is 53.5 Å². The molecule has 0 unspecified atom stereocenters. The van der Waals surface area contributed by atoms with Gasteiger partial charge in [0.2, 0.25) is 5.91 Å². The lowest BCUT2D eigenvalue weighted by atomic mass is 9.64. The highest BCUT2D eigenvalue weighted by atomic mass is 16.2. The third kappa shape index (κ3) is 2.86. The molecule has 30 heavy (non-hydrogen) atoms. The van der Waals surface area contributed by atoms with Gasteiger partial charge in [0, 0.05) is 36.8 Å². The van der Waals surface area contributed by atoms with Crippen molar-refractivity contribution < 1.29 is 9.59 Å². The second-order valence-corrected chi connectivity index (χ2v) is 9.38. The molecule has 2 aliphatic heterocycles. The third-order valence-electron chi connectivity index (χ3n) is 7.75. The van der Waals surface area contributed by atoms with E-state index < -0.39 is 0 Å². The fourth-order valence-corrected chi connectivity index (χ4v) is 6.56. The zero-order valence-electron chi connectivity index (χ0n) is 17.7. The van der Waals surface area contributed by atoms with Crippen molar-refractivity contribution in [2.75, 3.05) is 0 Å². The monoisotopic (exact) mass is 403 g/mol. The van der Waals surface area contributed by atoms with Crippen molar-refractivity contribution in [3.63, 3.8) is 0 Å². The molecule has 2 bridgehead atoms. The molecule has 2 amide bonds. The zero-order chi connectivity index (χ0) is 20.9. The predicted octanol–water partition coefficient (Wildman–Crippen LogP) is 3.70. The van der Waals surface area contributed by atoms with Crippen LogP contribution in [0, 0.1) is 5.41 Å². The lowest BCUT2D eigenvalue weighted by Crippen LogP contribution is -2.62. The molecule has 0 N–H and O–H groups in total. The first-order chi connectivity index (χ1) is 14.5. The quantitative estimate of drug-likeness (QED) is 0.785. The van der Waals surface area contributed by atoms with Gasteiger partial charge in [-0.25, -0.2) is 0 Å². The molecule has 3 aliphatic rings. The van der Waals surface area contributed by atoms with Crippen molar-refractivity contribution in [3.8, 4) is 0 Å². The van der Waals surface area contributed by atoms with Crippen LogP contribution in [0.2, 0.25) is 0 Å². The van der Waals surface area contributed by atoms with Gasteiger partial charge in [-0.15, -0.1) is 0 Å². The Labute approximate surface area is 178 Å². The SMILES string of the molecule is CC(=O)N1[C@H]2CCC[C@H]3N(C(=O)c4cccnc4)[C@@H](Cc4ccccc4)[C@@H]1C[C@@]23C. The average molecular weight is 404 g/mol. The molecular weight excluding hydrogens is 374 g/mol. The minimum absolute atomic E-state index is 0.0230. The third-order valence-corrected chi connectivity index (χ3v) is 7.75. The van der Waals surface area contributed by atoms with E-state index in [-0.39, 0.29) is 41.4 Å². The summed E-state index contributed by atoms with van der Waals surface area (Å²) in [6.45, 7) is 4.00. The number of rotatable bonds is 3. The number of fused-ring (bicyclic) bond motifs is 1. The van der Waals surface area contributed by atoms with E-state index in [1.54, 1.807) is 19.3 Å². The Morgan fingerprint density at radius 2 is 1.80 bits per heavy atom. The van der Waals surface area contributed by atoms with E-state index in [1.807, 2.05) is 30.3 Å². The summed E-state index contributed by atoms with van der Waals surface area (Å²) in [5.41, 5.74) is 1.80. The molecule has 2 saturated heterocycles. The molecule has 1 aliphatic carbocycles. The average Bonchev–Trinajstić information content (AvgIpc) is 3.07. The molecule has 3 fully saturated rings. The van der Waals surface area contributed by atoms with Gasteiger partial charge in [0.05, 0.1) is 17.6 Å². The Morgan fingerprint density at radius 3 is 2.47 bits per heavy atom. The fraction of sp³-hybridized carbons (Fsp3) is 0.480. The molecule has 5 rings (SSSR count). The van der Waals surface area contributed by atoms with E-state index in [0.29, 0.717) is 5.56 Å². The number of benzene rings is 1. The molecule has 5 nitrogen and oxygen atoms in total. The predicted molar refractivity (Wildman–Crippen MR) is 115 cm³/mol. The number of aromatic nitrogens is 1. The van der Waals surface area contributed by atoms with E-state index in [4.69, 9.17) is 0 Å². The van der Waals surface area contributed by atoms with Crippen LogP contribution in [0.15, 0.2) is 54.9 Å². The van der Waals surface area contributed by atoms with Crippen LogP contribution < -0.4 is 0 Å². The summed E-state index contributed by atoms with van der Waals surface area (Å²) in [7, 11) is 0. The highest BCUT2D eigenvalue weighted by Crippen LogP contribution is 2.56. The summed E-state index contributed by atoms with van der Waals surface area (Å²) < 4.78 is 0. The van der Waals surface area contributed by atoms with Crippen LogP contribution in [0.5, 0.6) is 0 Å². The Balaban J connectivity index is 1.62. The molecule has 5 atom stereocenters. The lowest BCUT2D eigenvalue weighted by molar-refractivity contribution is -0.133. The van der Waals surface area contributed by atoms with Crippen LogP contribution in [-0.2, 0) is 11.2 Å². The number of amides is 2. The highest BCUT2D eigenvalue weighted by Gasteiger charge is 2.64. The lowest BCUT2D eigenvalue weighted by Gasteiger charge is -2.53. The van der Waals surface area contributed by atoms with Crippen LogP contribution in [0.3, 0.4) is 0 Å². The summed E-state index contributed by atoms with van der Waals surface area (Å²) in [5, 5.41) is 0. The van der Waals surface area contributed by atoms with E-state index >= 15 is 0 Å². The summed E-state index contributed by atoms with van der Waals surface area (Å²) in [5.74, 6) is 0.194. The summed E-state index contributed by atoms with van der Waals surface area (Å²) in [6, 6.07) is 14.5. The summed E-state index contributed by atoms with van der Waals surface area (Å²) >= 11 is 0. The van der Waals surface area contributed by atoms with Crippen molar-refractivity contribution in [2.24, 2.45) is 5.41 Å². The van der Waals surface area contributed by atoms with Crippen molar-refractivity contribution in [1.29, 1.82) is 0 Å². The maximum Gasteiger partial charge on any atom is 0.256 e. The molecule has 2 aromatic rings. The Bertz CT molecular complexity index is 947. The maximum atomic E-state index is 13.8. The van der Waals surface area contributed by atoms with Crippen molar-refractivity contribution in [2.45, 2.75) is 70.1 Å². The molecule has 0 spiro atoms. The van der Waals surface area contributed by atoms with E-state index in [0.717, 1.165) is 32.1 Å². The minimum Gasteiger partial charge on any atom is -0.334 e. The van der Waals surface area contributed by atoms with Crippen LogP contribution in [0.4, 0.5) is 0 Å². The molecule has 156 valence electrons. The van der Waals surface area contributed by atoms with Gasteiger partial charge >= 0.3 is 0 Å². The fourth-order valence-electron chi connectivity index (χ4n) is 6.56. The highest BCUT2D eigenvalue weighted by molar-refractivity contribution is 5.94. The van der Waals surface area contributed by atoms with Gasteiger partial charge in [-0.2, -0.15) is 0 Å². The minimum atomic E-state index is -0.0420. The second kappa shape index (κ2) is 7.22. The molecule has 1 aromatic carbocycles. The number of likely N-dealkylation sites (tertiary alicyclic amines) is 2. The molecule has 3 heterocycles. The Kier molecular flexibility index (Phi) is 4.64. The van der Waals surface area contributed by atoms with Gasteiger partial charge in [-0.3, -0.25) is 14.6 Å². The van der Waals surface area contributed by atoms with Crippen molar-refractivity contribution in [3.05, 3.63) is 66.0 Å². The second-order valence-electron chi connectivity index (χ2n) is 9.38. The van der Waals surface area contributed by atoms with Crippen LogP contribution in [0.1, 0.15) is 55.5 Å². The molecule has 0 radical (unpaired) electrons. The Hall–Kier alpha value is -2.69. The standard InChI is InChI=1S/C25H29N3O2/c1-17(29)27-21-15-25(2)22(27)11-6-12-23(25)28(24(30)19-10-7-13-26-16-19)20(21)14-18-8-4-3-5-9-18/h3-5,7-10,13,16,20-23H,6,11-12,14-15H2,1-2H3/t20-,21-,22-,23+,25-/m0/s1. The van der Waals surface area contributed by atoms with Crippen molar-refractivity contribution >= 4 is 11.8 Å². The number of carbonyl (C=O) groups is 2. The van der Waals surface area contributed by atoms with E-state index in [1.165, 1.54) is 5.56 Å². The molecule has 1 saturated carbocycles. The maximum absolute atomic E-state index is 13.8. The number of pyridine rings is 1. The van der Waals surface area contributed by atoms with Gasteiger partial charge in [0.15, 0.2) is 0 Å². The number of carbonyl (C=O) groups excluding carboxylic acids is 2. The number of hydrogen-bond acceptors (Lipinski definition) is 3. The van der Waals surface area contributed by atoms with Gasteiger partial charge in [-0.1, -0.05) is 37.3 Å². The first kappa shape index (κ1) is 19.3. The van der Waals surface area contributed by atoms with Gasteiger partial charge in [0.25, 0.3) is 5.91 Å². The first-order valence-electron chi connectivity index (χ1n) is 11.1. The molecule has 5 heteroatoms. The van der Waals surface area contributed by atoms with Gasteiger partial charge < -0.3 is 9.80 Å². The van der Waals surface area contributed by atoms with Crippen LogP contribution in [-0.4, -0.2) is 50.8 Å². The first-order valence-corrected chi connectivity index (χ1v) is 11.1. The van der Waals surface area contributed by atoms with Crippen LogP contribution >= 0.6 is 0 Å². The summed E-state index contributed by atoms with van der Waals surface area (Å²) in [6.07, 6.45) is 8.21. The number of nitrogens with zero attached hydrogens (tertiary/aromatic N) is 3. The van der Waals surface area contributed by atoms with Gasteiger partial charge in [-0.05, 0) is 49.8 Å².